The molecule has 28 heavy (non-hydrogen) atoms. The number of aromatic amines is 1. The SMILES string of the molecule is CCC(CC)c1ncc2c(=O)[nH]c3ccc(C(=O)N4CCN(C)CC4)cc3n12. The molecular weight excluding hydrogens is 354 g/mol. The highest BCUT2D eigenvalue weighted by atomic mass is 16.2. The fraction of sp³-hybridized carbons (Fsp3) is 0.476. The zero-order valence-electron chi connectivity index (χ0n) is 16.7. The molecule has 1 N–H and O–H groups in total. The minimum atomic E-state index is -0.157. The van der Waals surface area contributed by atoms with Gasteiger partial charge >= 0.3 is 0 Å². The van der Waals surface area contributed by atoms with E-state index in [0.29, 0.717) is 11.1 Å². The van der Waals surface area contributed by atoms with E-state index < -0.39 is 0 Å². The van der Waals surface area contributed by atoms with Gasteiger partial charge in [0.25, 0.3) is 11.5 Å². The molecule has 148 valence electrons. The average Bonchev–Trinajstić information content (AvgIpc) is 3.15. The Bertz CT molecular complexity index is 1070. The molecule has 1 fully saturated rings. The van der Waals surface area contributed by atoms with E-state index in [1.807, 2.05) is 21.4 Å². The summed E-state index contributed by atoms with van der Waals surface area (Å²) < 4.78 is 1.94. The van der Waals surface area contributed by atoms with Crippen molar-refractivity contribution in [3.63, 3.8) is 0 Å². The first-order chi connectivity index (χ1) is 13.5. The van der Waals surface area contributed by atoms with Gasteiger partial charge in [0.05, 0.1) is 17.2 Å². The first-order valence-corrected chi connectivity index (χ1v) is 10.0. The Kier molecular flexibility index (Phi) is 4.93. The van der Waals surface area contributed by atoms with Crippen LogP contribution in [0, 0.1) is 0 Å². The van der Waals surface area contributed by atoms with Gasteiger partial charge in [0.15, 0.2) is 0 Å². The van der Waals surface area contributed by atoms with E-state index >= 15 is 0 Å². The van der Waals surface area contributed by atoms with Gasteiger partial charge in [-0.25, -0.2) is 4.98 Å². The Labute approximate surface area is 164 Å². The van der Waals surface area contributed by atoms with Gasteiger partial charge in [0, 0.05) is 37.7 Å². The Morgan fingerprint density at radius 2 is 1.86 bits per heavy atom. The first kappa shape index (κ1) is 18.7. The van der Waals surface area contributed by atoms with Gasteiger partial charge in [-0.05, 0) is 38.1 Å². The Morgan fingerprint density at radius 3 is 2.54 bits per heavy atom. The van der Waals surface area contributed by atoms with E-state index in [4.69, 9.17) is 0 Å². The molecule has 3 heterocycles. The number of nitrogens with one attached hydrogen (secondary N) is 1. The van der Waals surface area contributed by atoms with Gasteiger partial charge < -0.3 is 14.8 Å². The highest BCUT2D eigenvalue weighted by Crippen LogP contribution is 2.25. The van der Waals surface area contributed by atoms with Crippen LogP contribution in [0.4, 0.5) is 0 Å². The number of amides is 1. The summed E-state index contributed by atoms with van der Waals surface area (Å²) in [6.07, 6.45) is 3.54. The molecule has 1 amide bonds. The largest absolute Gasteiger partial charge is 0.336 e. The summed E-state index contributed by atoms with van der Waals surface area (Å²) in [5.74, 6) is 1.20. The van der Waals surface area contributed by atoms with Crippen LogP contribution >= 0.6 is 0 Å². The number of aromatic nitrogens is 3. The summed E-state index contributed by atoms with van der Waals surface area (Å²) in [4.78, 5) is 37.2. The lowest BCUT2D eigenvalue weighted by atomic mass is 10.0. The highest BCUT2D eigenvalue weighted by Gasteiger charge is 2.22. The Balaban J connectivity index is 1.85. The van der Waals surface area contributed by atoms with E-state index in [2.05, 4.69) is 35.8 Å². The monoisotopic (exact) mass is 381 g/mol. The molecule has 0 saturated carbocycles. The molecule has 1 aliphatic heterocycles. The molecule has 1 aromatic carbocycles. The van der Waals surface area contributed by atoms with Gasteiger partial charge in [-0.2, -0.15) is 0 Å². The topological polar surface area (TPSA) is 73.7 Å². The number of fused-ring (bicyclic) bond motifs is 3. The van der Waals surface area contributed by atoms with Crippen LogP contribution in [0.2, 0.25) is 0 Å². The lowest BCUT2D eigenvalue weighted by Crippen LogP contribution is -2.47. The smallest absolute Gasteiger partial charge is 0.274 e. The fourth-order valence-corrected chi connectivity index (χ4v) is 4.06. The molecule has 0 unspecified atom stereocenters. The van der Waals surface area contributed by atoms with E-state index in [1.54, 1.807) is 12.3 Å². The third-order valence-electron chi connectivity index (χ3n) is 5.90. The number of likely N-dealkylation sites (N-methyl/N-ethyl adjacent to an activating group) is 1. The van der Waals surface area contributed by atoms with E-state index in [9.17, 15) is 9.59 Å². The van der Waals surface area contributed by atoms with E-state index in [0.717, 1.165) is 55.9 Å². The van der Waals surface area contributed by atoms with Crippen LogP contribution in [0.25, 0.3) is 16.6 Å². The number of benzene rings is 1. The second kappa shape index (κ2) is 7.39. The van der Waals surface area contributed by atoms with Crippen molar-refractivity contribution in [1.29, 1.82) is 0 Å². The van der Waals surface area contributed by atoms with Gasteiger partial charge in [0.2, 0.25) is 0 Å². The predicted molar refractivity (Wildman–Crippen MR) is 110 cm³/mol. The van der Waals surface area contributed by atoms with Crippen LogP contribution in [-0.2, 0) is 0 Å². The van der Waals surface area contributed by atoms with Crippen molar-refractivity contribution in [1.82, 2.24) is 24.2 Å². The van der Waals surface area contributed by atoms with Crippen LogP contribution < -0.4 is 5.56 Å². The number of carbonyl (C=O) groups is 1. The number of hydrogen-bond acceptors (Lipinski definition) is 4. The number of nitrogens with zero attached hydrogens (tertiary/aromatic N) is 4. The predicted octanol–water partition coefficient (Wildman–Crippen LogP) is 2.47. The normalized spacial score (nSPS) is 15.8. The van der Waals surface area contributed by atoms with Crippen LogP contribution in [0.1, 0.15) is 48.8 Å². The maximum Gasteiger partial charge on any atom is 0.274 e. The number of rotatable bonds is 4. The van der Waals surface area contributed by atoms with Crippen molar-refractivity contribution < 1.29 is 4.79 Å². The molecule has 0 spiro atoms. The summed E-state index contributed by atoms with van der Waals surface area (Å²) in [5.41, 5.74) is 2.56. The van der Waals surface area contributed by atoms with Crippen molar-refractivity contribution in [2.45, 2.75) is 32.6 Å². The average molecular weight is 381 g/mol. The third kappa shape index (κ3) is 3.09. The van der Waals surface area contributed by atoms with Crippen LogP contribution in [-0.4, -0.2) is 63.3 Å². The zero-order chi connectivity index (χ0) is 19.8. The zero-order valence-corrected chi connectivity index (χ0v) is 16.7. The number of H-pyrrole nitrogens is 1. The minimum absolute atomic E-state index is 0.0403. The molecular formula is C21H27N5O2. The van der Waals surface area contributed by atoms with Crippen LogP contribution in [0.3, 0.4) is 0 Å². The maximum absolute atomic E-state index is 13.0. The summed E-state index contributed by atoms with van der Waals surface area (Å²) in [6.45, 7) is 7.51. The molecule has 1 saturated heterocycles. The lowest BCUT2D eigenvalue weighted by Gasteiger charge is -2.32. The van der Waals surface area contributed by atoms with Crippen molar-refractivity contribution in [2.75, 3.05) is 33.2 Å². The molecule has 0 bridgehead atoms. The molecule has 2 aromatic heterocycles. The fourth-order valence-electron chi connectivity index (χ4n) is 4.06. The second-order valence-electron chi connectivity index (χ2n) is 7.63. The molecule has 7 heteroatoms. The molecule has 3 aromatic rings. The number of piperazine rings is 1. The third-order valence-corrected chi connectivity index (χ3v) is 5.90. The van der Waals surface area contributed by atoms with Gasteiger partial charge in [0.1, 0.15) is 11.3 Å². The summed E-state index contributed by atoms with van der Waals surface area (Å²) in [7, 11) is 2.07. The number of carbonyl (C=O) groups excluding carboxylic acids is 1. The highest BCUT2D eigenvalue weighted by molar-refractivity contribution is 5.97. The maximum atomic E-state index is 13.0. The minimum Gasteiger partial charge on any atom is -0.336 e. The molecule has 0 radical (unpaired) electrons. The molecule has 1 aliphatic rings. The summed E-state index contributed by atoms with van der Waals surface area (Å²) >= 11 is 0. The molecule has 4 rings (SSSR count). The Morgan fingerprint density at radius 1 is 1.14 bits per heavy atom. The van der Waals surface area contributed by atoms with Crippen LogP contribution in [0.15, 0.2) is 29.2 Å². The lowest BCUT2D eigenvalue weighted by molar-refractivity contribution is 0.0664. The van der Waals surface area contributed by atoms with Gasteiger partial charge in [-0.3, -0.25) is 14.0 Å². The van der Waals surface area contributed by atoms with Crippen molar-refractivity contribution in [3.8, 4) is 0 Å². The molecule has 0 aliphatic carbocycles. The van der Waals surface area contributed by atoms with E-state index in [-0.39, 0.29) is 17.4 Å². The second-order valence-corrected chi connectivity index (χ2v) is 7.63. The number of hydrogen-bond donors (Lipinski definition) is 1. The molecule has 0 atom stereocenters. The molecule has 7 nitrogen and oxygen atoms in total. The summed E-state index contributed by atoms with van der Waals surface area (Å²) in [6, 6.07) is 5.53. The van der Waals surface area contributed by atoms with Crippen molar-refractivity contribution in [3.05, 3.63) is 46.1 Å². The van der Waals surface area contributed by atoms with Crippen molar-refractivity contribution >= 4 is 22.5 Å². The number of imidazole rings is 1. The first-order valence-electron chi connectivity index (χ1n) is 10.0. The quantitative estimate of drug-likeness (QED) is 0.753. The van der Waals surface area contributed by atoms with E-state index in [1.165, 1.54) is 0 Å². The summed E-state index contributed by atoms with van der Waals surface area (Å²) in [5, 5.41) is 0. The Hall–Kier alpha value is -2.67. The van der Waals surface area contributed by atoms with Gasteiger partial charge in [-0.15, -0.1) is 0 Å². The standard InChI is InChI=1S/C21H27N5O2/c1-4-14(5-2)19-22-13-18-20(27)23-16-7-6-15(12-17(16)26(18)19)21(28)25-10-8-24(3)9-11-25/h6-7,12-14H,4-5,8-11H2,1-3H3,(H,23,27). The van der Waals surface area contributed by atoms with Gasteiger partial charge in [-0.1, -0.05) is 13.8 Å². The van der Waals surface area contributed by atoms with Crippen LogP contribution in [0.5, 0.6) is 0 Å². The van der Waals surface area contributed by atoms with Crippen molar-refractivity contribution in [2.24, 2.45) is 0 Å².